The van der Waals surface area contributed by atoms with Crippen molar-refractivity contribution in [3.05, 3.63) is 46.2 Å². The van der Waals surface area contributed by atoms with Crippen LogP contribution in [0.2, 0.25) is 0 Å². The van der Waals surface area contributed by atoms with E-state index in [0.717, 1.165) is 5.69 Å². The molecule has 8 heteroatoms. The highest BCUT2D eigenvalue weighted by atomic mass is 32.2. The summed E-state index contributed by atoms with van der Waals surface area (Å²) in [6, 6.07) is 6.48. The van der Waals surface area contributed by atoms with Crippen molar-refractivity contribution in [3.63, 3.8) is 0 Å². The number of hydrogen-bond donors (Lipinski definition) is 1. The topological polar surface area (TPSA) is 78.1 Å². The lowest BCUT2D eigenvalue weighted by Gasteiger charge is -2.06. The number of aryl methyl sites for hydroxylation is 1. The minimum Gasteiger partial charge on any atom is -0.462 e. The Labute approximate surface area is 152 Å². The fourth-order valence-electron chi connectivity index (χ4n) is 2.43. The molecule has 130 valence electrons. The molecule has 0 aliphatic heterocycles. The second-order valence-corrected chi connectivity index (χ2v) is 7.24. The van der Waals surface area contributed by atoms with Crippen LogP contribution in [0.15, 0.2) is 29.4 Å². The predicted octanol–water partition coefficient (Wildman–Crippen LogP) is 4.19. The van der Waals surface area contributed by atoms with Gasteiger partial charge in [-0.2, -0.15) is 0 Å². The van der Waals surface area contributed by atoms with E-state index in [4.69, 9.17) is 10.5 Å². The van der Waals surface area contributed by atoms with E-state index in [-0.39, 0.29) is 12.4 Å². The number of carbonyl (C=O) groups is 1. The van der Waals surface area contributed by atoms with Crippen molar-refractivity contribution in [3.8, 4) is 0 Å². The second kappa shape index (κ2) is 7.37. The molecule has 0 radical (unpaired) electrons. The molecule has 2 N–H and O–H groups in total. The van der Waals surface area contributed by atoms with Gasteiger partial charge in [-0.05, 0) is 31.5 Å². The van der Waals surface area contributed by atoms with E-state index in [1.54, 1.807) is 25.1 Å². The summed E-state index contributed by atoms with van der Waals surface area (Å²) in [5.74, 6) is -0.0762. The Kier molecular flexibility index (Phi) is 5.19. The molecule has 0 fully saturated rings. The first-order valence-corrected chi connectivity index (χ1v) is 9.40. The number of nitrogen functional groups attached to an aromatic ring is 1. The third-order valence-electron chi connectivity index (χ3n) is 3.42. The molecule has 2 heterocycles. The maximum Gasteiger partial charge on any atom is 0.348 e. The molecular formula is C17H16FN3O2S2. The van der Waals surface area contributed by atoms with Gasteiger partial charge in [0, 0.05) is 27.6 Å². The zero-order valence-corrected chi connectivity index (χ0v) is 15.3. The van der Waals surface area contributed by atoms with Crippen molar-refractivity contribution in [1.29, 1.82) is 0 Å². The lowest BCUT2D eigenvalue weighted by molar-refractivity contribution is 0.0531. The molecule has 0 amide bonds. The molecule has 1 aromatic carbocycles. The van der Waals surface area contributed by atoms with Gasteiger partial charge in [0.05, 0.1) is 6.61 Å². The van der Waals surface area contributed by atoms with Gasteiger partial charge in [0.1, 0.15) is 16.5 Å². The number of halogens is 1. The molecule has 2 aromatic heterocycles. The minimum absolute atomic E-state index is 0.264. The van der Waals surface area contributed by atoms with Crippen LogP contribution < -0.4 is 5.73 Å². The summed E-state index contributed by atoms with van der Waals surface area (Å²) < 4.78 is 20.2. The third kappa shape index (κ3) is 3.74. The van der Waals surface area contributed by atoms with Crippen LogP contribution in [0.4, 0.5) is 10.2 Å². The Morgan fingerprint density at radius 1 is 1.40 bits per heavy atom. The van der Waals surface area contributed by atoms with Crippen molar-refractivity contribution in [2.75, 3.05) is 12.3 Å². The van der Waals surface area contributed by atoms with Crippen molar-refractivity contribution in [2.45, 2.75) is 24.8 Å². The summed E-state index contributed by atoms with van der Waals surface area (Å²) in [5.41, 5.74) is 7.10. The minimum atomic E-state index is -0.441. The second-order valence-electron chi connectivity index (χ2n) is 5.25. The number of fused-ring (bicyclic) bond motifs is 1. The highest BCUT2D eigenvalue weighted by molar-refractivity contribution is 7.98. The summed E-state index contributed by atoms with van der Waals surface area (Å²) >= 11 is 2.54. The summed E-state index contributed by atoms with van der Waals surface area (Å²) in [6.07, 6.45) is 0. The number of aromatic nitrogens is 2. The van der Waals surface area contributed by atoms with Crippen LogP contribution in [0.3, 0.4) is 0 Å². The van der Waals surface area contributed by atoms with Gasteiger partial charge < -0.3 is 10.5 Å². The van der Waals surface area contributed by atoms with Gasteiger partial charge in [0.2, 0.25) is 0 Å². The van der Waals surface area contributed by atoms with Gasteiger partial charge in [-0.1, -0.05) is 17.8 Å². The molecule has 5 nitrogen and oxygen atoms in total. The summed E-state index contributed by atoms with van der Waals surface area (Å²) in [4.78, 5) is 21.2. The van der Waals surface area contributed by atoms with Gasteiger partial charge in [-0.15, -0.1) is 11.3 Å². The Bertz CT molecular complexity index is 923. The van der Waals surface area contributed by atoms with E-state index in [1.807, 2.05) is 6.92 Å². The molecule has 0 aliphatic carbocycles. The molecule has 0 bridgehead atoms. The highest BCUT2D eigenvalue weighted by Gasteiger charge is 2.22. The molecule has 3 rings (SSSR count). The largest absolute Gasteiger partial charge is 0.462 e. The molecule has 0 saturated heterocycles. The van der Waals surface area contributed by atoms with E-state index < -0.39 is 5.97 Å². The third-order valence-corrected chi connectivity index (χ3v) is 5.47. The number of esters is 1. The average Bonchev–Trinajstić information content (AvgIpc) is 2.92. The number of ether oxygens (including phenoxy) is 1. The van der Waals surface area contributed by atoms with Crippen LogP contribution >= 0.6 is 23.1 Å². The molecule has 0 unspecified atom stereocenters. The number of carbonyl (C=O) groups excluding carboxylic acids is 1. The normalized spacial score (nSPS) is 11.0. The Hall–Kier alpha value is -2.19. The van der Waals surface area contributed by atoms with E-state index in [2.05, 4.69) is 9.97 Å². The first-order chi connectivity index (χ1) is 12.0. The van der Waals surface area contributed by atoms with E-state index in [1.165, 1.54) is 29.2 Å². The van der Waals surface area contributed by atoms with Gasteiger partial charge in [0.25, 0.3) is 0 Å². The number of nitrogens with two attached hydrogens (primary N) is 1. The monoisotopic (exact) mass is 377 g/mol. The highest BCUT2D eigenvalue weighted by Crippen LogP contribution is 2.37. The van der Waals surface area contributed by atoms with Gasteiger partial charge in [-0.25, -0.2) is 19.2 Å². The average molecular weight is 377 g/mol. The standard InChI is InChI=1S/C17H16FN3O2S2/c1-3-23-16(22)15-10(14-11(18)5-4-6-12(14)25-15)8-24-17-20-9(2)7-13(19)21-17/h4-7H,3,8H2,1-2H3,(H2,19,20,21). The number of anilines is 1. The fourth-order valence-corrected chi connectivity index (χ4v) is 4.59. The van der Waals surface area contributed by atoms with Crippen molar-refractivity contribution in [1.82, 2.24) is 9.97 Å². The van der Waals surface area contributed by atoms with Crippen LogP contribution in [-0.2, 0) is 10.5 Å². The zero-order chi connectivity index (χ0) is 18.0. The molecule has 25 heavy (non-hydrogen) atoms. The Morgan fingerprint density at radius 3 is 2.92 bits per heavy atom. The van der Waals surface area contributed by atoms with E-state index in [0.29, 0.717) is 37.3 Å². The number of rotatable bonds is 5. The van der Waals surface area contributed by atoms with Crippen LogP contribution in [0.1, 0.15) is 27.9 Å². The smallest absolute Gasteiger partial charge is 0.348 e. The summed E-state index contributed by atoms with van der Waals surface area (Å²) in [7, 11) is 0. The van der Waals surface area contributed by atoms with Crippen LogP contribution in [0.5, 0.6) is 0 Å². The van der Waals surface area contributed by atoms with Crippen molar-refractivity contribution in [2.24, 2.45) is 0 Å². The quantitative estimate of drug-likeness (QED) is 0.408. The molecule has 0 aliphatic rings. The van der Waals surface area contributed by atoms with Crippen LogP contribution in [-0.4, -0.2) is 22.5 Å². The SMILES string of the molecule is CCOC(=O)c1sc2cccc(F)c2c1CSc1nc(C)cc(N)n1. The first-order valence-electron chi connectivity index (χ1n) is 7.60. The van der Waals surface area contributed by atoms with Crippen LogP contribution in [0.25, 0.3) is 10.1 Å². The zero-order valence-electron chi connectivity index (χ0n) is 13.7. The Balaban J connectivity index is 2.00. The molecule has 0 spiro atoms. The molecule has 0 saturated carbocycles. The summed E-state index contributed by atoms with van der Waals surface area (Å²) in [6.45, 7) is 3.83. The van der Waals surface area contributed by atoms with Crippen molar-refractivity contribution < 1.29 is 13.9 Å². The van der Waals surface area contributed by atoms with E-state index >= 15 is 0 Å². The van der Waals surface area contributed by atoms with Crippen LogP contribution in [0, 0.1) is 12.7 Å². The number of nitrogens with zero attached hydrogens (tertiary/aromatic N) is 2. The summed E-state index contributed by atoms with van der Waals surface area (Å²) in [5, 5.41) is 0.937. The molecular weight excluding hydrogens is 361 g/mol. The van der Waals surface area contributed by atoms with E-state index in [9.17, 15) is 9.18 Å². The number of thioether (sulfide) groups is 1. The van der Waals surface area contributed by atoms with Gasteiger partial charge >= 0.3 is 5.97 Å². The maximum absolute atomic E-state index is 14.4. The molecule has 3 aromatic rings. The number of thiophene rings is 1. The Morgan fingerprint density at radius 2 is 2.20 bits per heavy atom. The lowest BCUT2D eigenvalue weighted by atomic mass is 10.1. The maximum atomic E-state index is 14.4. The number of hydrogen-bond acceptors (Lipinski definition) is 7. The lowest BCUT2D eigenvalue weighted by Crippen LogP contribution is -2.05. The van der Waals surface area contributed by atoms with Crippen molar-refractivity contribution >= 4 is 45.0 Å². The van der Waals surface area contributed by atoms with Gasteiger partial charge in [0.15, 0.2) is 5.16 Å². The first kappa shape index (κ1) is 17.6. The predicted molar refractivity (Wildman–Crippen MR) is 98.5 cm³/mol. The fraction of sp³-hybridized carbons (Fsp3) is 0.235. The van der Waals surface area contributed by atoms with Gasteiger partial charge in [-0.3, -0.25) is 0 Å². The number of benzene rings is 1. The molecule has 0 atom stereocenters.